The Morgan fingerprint density at radius 1 is 1.18 bits per heavy atom. The van der Waals surface area contributed by atoms with E-state index >= 15 is 0 Å². The number of hydrogen-bond acceptors (Lipinski definition) is 3. The number of hydrogen-bond donors (Lipinski definition) is 1. The summed E-state index contributed by atoms with van der Waals surface area (Å²) in [6, 6.07) is 14.0. The Morgan fingerprint density at radius 3 is 2.65 bits per heavy atom. The average molecular weight is 225 g/mol. The van der Waals surface area contributed by atoms with E-state index in [4.69, 9.17) is 10.00 Å². The Hall–Kier alpha value is -2.47. The van der Waals surface area contributed by atoms with Gasteiger partial charge in [0.25, 0.3) is 0 Å². The Kier molecular flexibility index (Phi) is 2.97. The first-order valence-electron chi connectivity index (χ1n) is 5.16. The second-order valence-electron chi connectivity index (χ2n) is 3.71. The molecule has 0 atom stereocenters. The van der Waals surface area contributed by atoms with Crippen molar-refractivity contribution in [3.8, 4) is 23.3 Å². The number of rotatable bonds is 2. The second kappa shape index (κ2) is 4.58. The third-order valence-corrected chi connectivity index (χ3v) is 2.31. The van der Waals surface area contributed by atoms with Crippen LogP contribution in [0.4, 0.5) is 0 Å². The number of aromatic hydroxyl groups is 1. The molecule has 0 saturated heterocycles. The van der Waals surface area contributed by atoms with Crippen LogP contribution in [0.1, 0.15) is 11.1 Å². The number of aryl methyl sites for hydroxylation is 1. The molecule has 3 nitrogen and oxygen atoms in total. The molecular formula is C14H11NO2. The molecule has 0 radical (unpaired) electrons. The van der Waals surface area contributed by atoms with E-state index in [0.29, 0.717) is 17.1 Å². The van der Waals surface area contributed by atoms with Crippen molar-refractivity contribution in [1.82, 2.24) is 0 Å². The van der Waals surface area contributed by atoms with Crippen molar-refractivity contribution < 1.29 is 9.84 Å². The van der Waals surface area contributed by atoms with Gasteiger partial charge in [0, 0.05) is 6.07 Å². The van der Waals surface area contributed by atoms with E-state index in [1.54, 1.807) is 12.1 Å². The fourth-order valence-electron chi connectivity index (χ4n) is 1.48. The van der Waals surface area contributed by atoms with Crippen LogP contribution in [0.25, 0.3) is 0 Å². The van der Waals surface area contributed by atoms with Crippen molar-refractivity contribution >= 4 is 0 Å². The van der Waals surface area contributed by atoms with Crippen molar-refractivity contribution in [3.05, 3.63) is 53.6 Å². The van der Waals surface area contributed by atoms with Gasteiger partial charge in [0.15, 0.2) is 11.5 Å². The third kappa shape index (κ3) is 2.56. The van der Waals surface area contributed by atoms with Crippen LogP contribution < -0.4 is 4.74 Å². The first-order valence-corrected chi connectivity index (χ1v) is 5.16. The van der Waals surface area contributed by atoms with Gasteiger partial charge in [0.2, 0.25) is 0 Å². The summed E-state index contributed by atoms with van der Waals surface area (Å²) in [4.78, 5) is 0. The Bertz CT molecular complexity index is 585. The van der Waals surface area contributed by atoms with Crippen LogP contribution in [0.3, 0.4) is 0 Å². The summed E-state index contributed by atoms with van der Waals surface area (Å²) in [6.45, 7) is 1.96. The largest absolute Gasteiger partial charge is 0.504 e. The summed E-state index contributed by atoms with van der Waals surface area (Å²) in [5.41, 5.74) is 1.48. The van der Waals surface area contributed by atoms with Gasteiger partial charge in [-0.05, 0) is 36.8 Å². The lowest BCUT2D eigenvalue weighted by Gasteiger charge is -2.08. The molecule has 0 amide bonds. The number of ether oxygens (including phenoxy) is 1. The number of phenols is 1. The summed E-state index contributed by atoms with van der Waals surface area (Å²) in [6.07, 6.45) is 0. The summed E-state index contributed by atoms with van der Waals surface area (Å²) >= 11 is 0. The maximum Gasteiger partial charge on any atom is 0.169 e. The Balaban J connectivity index is 2.28. The zero-order chi connectivity index (χ0) is 12.3. The molecule has 2 rings (SSSR count). The normalized spacial score (nSPS) is 9.65. The maximum absolute atomic E-state index is 9.68. The Labute approximate surface area is 99.5 Å². The SMILES string of the molecule is Cc1cccc(Oc2ccc(C#N)cc2O)c1. The van der Waals surface area contributed by atoms with E-state index in [-0.39, 0.29) is 5.75 Å². The van der Waals surface area contributed by atoms with Gasteiger partial charge in [-0.3, -0.25) is 0 Å². The molecule has 0 unspecified atom stereocenters. The van der Waals surface area contributed by atoms with E-state index < -0.39 is 0 Å². The topological polar surface area (TPSA) is 53.2 Å². The molecule has 0 fully saturated rings. The standard InChI is InChI=1S/C14H11NO2/c1-10-3-2-4-12(7-10)17-14-6-5-11(9-15)8-13(14)16/h2-8,16H,1H3. The molecule has 17 heavy (non-hydrogen) atoms. The van der Waals surface area contributed by atoms with Gasteiger partial charge >= 0.3 is 0 Å². The van der Waals surface area contributed by atoms with Crippen molar-refractivity contribution in [1.29, 1.82) is 5.26 Å². The molecule has 0 spiro atoms. The summed E-state index contributed by atoms with van der Waals surface area (Å²) in [5.74, 6) is 0.963. The quantitative estimate of drug-likeness (QED) is 0.852. The zero-order valence-electron chi connectivity index (χ0n) is 9.34. The van der Waals surface area contributed by atoms with Crippen LogP contribution in [0.2, 0.25) is 0 Å². The number of benzene rings is 2. The molecule has 1 N–H and O–H groups in total. The highest BCUT2D eigenvalue weighted by Gasteiger charge is 2.05. The molecule has 0 aliphatic carbocycles. The van der Waals surface area contributed by atoms with E-state index in [0.717, 1.165) is 5.56 Å². The van der Waals surface area contributed by atoms with E-state index in [9.17, 15) is 5.11 Å². The lowest BCUT2D eigenvalue weighted by molar-refractivity contribution is 0.411. The molecule has 3 heteroatoms. The number of nitrogens with zero attached hydrogens (tertiary/aromatic N) is 1. The highest BCUT2D eigenvalue weighted by molar-refractivity contribution is 5.47. The third-order valence-electron chi connectivity index (χ3n) is 2.31. The minimum atomic E-state index is -0.0365. The van der Waals surface area contributed by atoms with Gasteiger partial charge in [-0.1, -0.05) is 12.1 Å². The number of phenolic OH excluding ortho intramolecular Hbond substituents is 1. The highest BCUT2D eigenvalue weighted by Crippen LogP contribution is 2.31. The molecule has 0 aliphatic heterocycles. The molecule has 0 aliphatic rings. The fourth-order valence-corrected chi connectivity index (χ4v) is 1.48. The average Bonchev–Trinajstić information content (AvgIpc) is 2.32. The number of nitriles is 1. The second-order valence-corrected chi connectivity index (χ2v) is 3.71. The van der Waals surface area contributed by atoms with Crippen LogP contribution in [-0.4, -0.2) is 5.11 Å². The molecule has 2 aromatic carbocycles. The maximum atomic E-state index is 9.68. The molecule has 2 aromatic rings. The van der Waals surface area contributed by atoms with Gasteiger partial charge in [0.05, 0.1) is 11.6 Å². The predicted molar refractivity (Wildman–Crippen MR) is 64.1 cm³/mol. The lowest BCUT2D eigenvalue weighted by atomic mass is 10.2. The molecular weight excluding hydrogens is 214 g/mol. The Morgan fingerprint density at radius 2 is 2.00 bits per heavy atom. The van der Waals surface area contributed by atoms with E-state index in [2.05, 4.69) is 0 Å². The van der Waals surface area contributed by atoms with Crippen LogP contribution in [0.15, 0.2) is 42.5 Å². The van der Waals surface area contributed by atoms with Crippen LogP contribution in [-0.2, 0) is 0 Å². The molecule has 0 aromatic heterocycles. The van der Waals surface area contributed by atoms with E-state index in [1.165, 1.54) is 6.07 Å². The van der Waals surface area contributed by atoms with Gasteiger partial charge in [-0.15, -0.1) is 0 Å². The molecule has 0 bridgehead atoms. The van der Waals surface area contributed by atoms with Crippen molar-refractivity contribution in [2.75, 3.05) is 0 Å². The zero-order valence-corrected chi connectivity index (χ0v) is 9.34. The minimum Gasteiger partial charge on any atom is -0.504 e. The highest BCUT2D eigenvalue weighted by atomic mass is 16.5. The molecule has 0 heterocycles. The van der Waals surface area contributed by atoms with Crippen LogP contribution in [0, 0.1) is 18.3 Å². The van der Waals surface area contributed by atoms with Crippen molar-refractivity contribution in [2.45, 2.75) is 6.92 Å². The lowest BCUT2D eigenvalue weighted by Crippen LogP contribution is -1.86. The van der Waals surface area contributed by atoms with Crippen LogP contribution in [0.5, 0.6) is 17.2 Å². The summed E-state index contributed by atoms with van der Waals surface area (Å²) < 4.78 is 5.53. The molecule has 84 valence electrons. The summed E-state index contributed by atoms with van der Waals surface area (Å²) in [5, 5.41) is 18.4. The van der Waals surface area contributed by atoms with Gasteiger partial charge < -0.3 is 9.84 Å². The predicted octanol–water partition coefficient (Wildman–Crippen LogP) is 3.36. The first kappa shape index (κ1) is 11.0. The summed E-state index contributed by atoms with van der Waals surface area (Å²) in [7, 11) is 0. The smallest absolute Gasteiger partial charge is 0.169 e. The van der Waals surface area contributed by atoms with Crippen molar-refractivity contribution in [3.63, 3.8) is 0 Å². The van der Waals surface area contributed by atoms with Crippen molar-refractivity contribution in [2.24, 2.45) is 0 Å². The monoisotopic (exact) mass is 225 g/mol. The van der Waals surface area contributed by atoms with Gasteiger partial charge in [-0.2, -0.15) is 5.26 Å². The van der Waals surface area contributed by atoms with Crippen LogP contribution >= 0.6 is 0 Å². The van der Waals surface area contributed by atoms with E-state index in [1.807, 2.05) is 37.3 Å². The first-order chi connectivity index (χ1) is 8.19. The van der Waals surface area contributed by atoms with Gasteiger partial charge in [-0.25, -0.2) is 0 Å². The minimum absolute atomic E-state index is 0.0365. The fraction of sp³-hybridized carbons (Fsp3) is 0.0714. The molecule has 0 saturated carbocycles. The van der Waals surface area contributed by atoms with Gasteiger partial charge in [0.1, 0.15) is 5.75 Å².